The lowest BCUT2D eigenvalue weighted by Crippen LogP contribution is -2.43. The number of carbonyl (C=O) groups is 2. The van der Waals surface area contributed by atoms with Crippen molar-refractivity contribution in [1.82, 2.24) is 9.80 Å². The molecule has 2 heterocycles. The van der Waals surface area contributed by atoms with Crippen LogP contribution in [0.25, 0.3) is 0 Å². The first kappa shape index (κ1) is 19.3. The van der Waals surface area contributed by atoms with E-state index in [0.717, 1.165) is 64.5 Å². The molecule has 2 aliphatic heterocycles. The van der Waals surface area contributed by atoms with Gasteiger partial charge in [-0.25, -0.2) is 0 Å². The summed E-state index contributed by atoms with van der Waals surface area (Å²) in [6.07, 6.45) is 12.2. The van der Waals surface area contributed by atoms with Gasteiger partial charge in [-0.1, -0.05) is 13.8 Å². The highest BCUT2D eigenvalue weighted by Gasteiger charge is 2.26. The molecular formula is C20H36N2O2. The van der Waals surface area contributed by atoms with Crippen LogP contribution in [0.1, 0.15) is 90.9 Å². The van der Waals surface area contributed by atoms with Gasteiger partial charge in [0.25, 0.3) is 0 Å². The summed E-state index contributed by atoms with van der Waals surface area (Å²) in [6, 6.07) is 0.901. The first-order chi connectivity index (χ1) is 11.7. The Morgan fingerprint density at radius 3 is 1.54 bits per heavy atom. The highest BCUT2D eigenvalue weighted by atomic mass is 16.2. The van der Waals surface area contributed by atoms with E-state index in [1.54, 1.807) is 0 Å². The number of hydrogen-bond acceptors (Lipinski definition) is 2. The van der Waals surface area contributed by atoms with Crippen LogP contribution in [0.5, 0.6) is 0 Å². The fourth-order valence-electron chi connectivity index (χ4n) is 4.35. The van der Waals surface area contributed by atoms with E-state index >= 15 is 0 Å². The van der Waals surface area contributed by atoms with Crippen molar-refractivity contribution in [2.45, 2.75) is 103 Å². The number of amides is 2. The summed E-state index contributed by atoms with van der Waals surface area (Å²) in [5.41, 5.74) is 0. The van der Waals surface area contributed by atoms with E-state index in [1.165, 1.54) is 12.8 Å². The van der Waals surface area contributed by atoms with Crippen LogP contribution in [0.2, 0.25) is 0 Å². The predicted octanol–water partition coefficient (Wildman–Crippen LogP) is 4.13. The van der Waals surface area contributed by atoms with Crippen LogP contribution in [-0.2, 0) is 9.59 Å². The van der Waals surface area contributed by atoms with E-state index in [4.69, 9.17) is 0 Å². The van der Waals surface area contributed by atoms with Crippen molar-refractivity contribution in [1.29, 1.82) is 0 Å². The fourth-order valence-corrected chi connectivity index (χ4v) is 4.35. The number of rotatable bonds is 7. The Hall–Kier alpha value is -1.06. The average Bonchev–Trinajstić information content (AvgIpc) is 2.64. The van der Waals surface area contributed by atoms with E-state index < -0.39 is 0 Å². The summed E-state index contributed by atoms with van der Waals surface area (Å²) in [7, 11) is 0. The van der Waals surface area contributed by atoms with E-state index in [2.05, 4.69) is 23.6 Å². The quantitative estimate of drug-likeness (QED) is 0.656. The zero-order chi connectivity index (χ0) is 17.4. The van der Waals surface area contributed by atoms with Gasteiger partial charge in [0.15, 0.2) is 0 Å². The van der Waals surface area contributed by atoms with Crippen LogP contribution in [0.4, 0.5) is 0 Å². The minimum absolute atomic E-state index is 0.304. The molecule has 24 heavy (non-hydrogen) atoms. The molecular weight excluding hydrogens is 300 g/mol. The second kappa shape index (κ2) is 10.0. The summed E-state index contributed by atoms with van der Waals surface area (Å²) >= 11 is 0. The minimum atomic E-state index is 0.304. The van der Waals surface area contributed by atoms with Crippen molar-refractivity contribution in [3.8, 4) is 0 Å². The van der Waals surface area contributed by atoms with Crippen LogP contribution in [0, 0.1) is 0 Å². The van der Waals surface area contributed by atoms with Gasteiger partial charge in [-0.15, -0.1) is 0 Å². The molecule has 0 aromatic rings. The molecule has 2 unspecified atom stereocenters. The Kier molecular flexibility index (Phi) is 8.07. The molecule has 0 N–H and O–H groups in total. The monoisotopic (exact) mass is 336 g/mol. The topological polar surface area (TPSA) is 40.6 Å². The number of nitrogens with zero attached hydrogens (tertiary/aromatic N) is 2. The molecule has 2 saturated heterocycles. The van der Waals surface area contributed by atoms with Gasteiger partial charge in [-0.3, -0.25) is 9.59 Å². The van der Waals surface area contributed by atoms with Gasteiger partial charge in [0.2, 0.25) is 11.8 Å². The summed E-state index contributed by atoms with van der Waals surface area (Å²) in [5, 5.41) is 0. The molecule has 0 saturated carbocycles. The van der Waals surface area contributed by atoms with Gasteiger partial charge in [-0.05, 0) is 64.2 Å². The molecule has 0 aromatic carbocycles. The SMILES string of the molecule is CCC1CCCCN1C(=O)CCCCC(=O)N1CCCCC1CC. The van der Waals surface area contributed by atoms with Crippen LogP contribution in [-0.4, -0.2) is 46.8 Å². The lowest BCUT2D eigenvalue weighted by atomic mass is 9.98. The third-order valence-corrected chi connectivity index (χ3v) is 5.87. The summed E-state index contributed by atoms with van der Waals surface area (Å²) in [4.78, 5) is 29.1. The highest BCUT2D eigenvalue weighted by Crippen LogP contribution is 2.22. The molecule has 2 atom stereocenters. The van der Waals surface area contributed by atoms with Crippen LogP contribution < -0.4 is 0 Å². The first-order valence-electron chi connectivity index (χ1n) is 10.3. The molecule has 0 aliphatic carbocycles. The van der Waals surface area contributed by atoms with Crippen molar-refractivity contribution in [3.63, 3.8) is 0 Å². The molecule has 0 radical (unpaired) electrons. The third-order valence-electron chi connectivity index (χ3n) is 5.87. The molecule has 2 amide bonds. The van der Waals surface area contributed by atoms with Gasteiger partial charge in [0.05, 0.1) is 0 Å². The summed E-state index contributed by atoms with van der Waals surface area (Å²) in [5.74, 6) is 0.608. The molecule has 0 bridgehead atoms. The Morgan fingerprint density at radius 1 is 0.750 bits per heavy atom. The first-order valence-corrected chi connectivity index (χ1v) is 10.3. The smallest absolute Gasteiger partial charge is 0.222 e. The lowest BCUT2D eigenvalue weighted by Gasteiger charge is -2.36. The third kappa shape index (κ3) is 5.22. The number of unbranched alkanes of at least 4 members (excludes halogenated alkanes) is 1. The average molecular weight is 337 g/mol. The van der Waals surface area contributed by atoms with Crippen molar-refractivity contribution in [2.75, 3.05) is 13.1 Å². The van der Waals surface area contributed by atoms with Gasteiger partial charge in [0, 0.05) is 38.0 Å². The molecule has 4 heteroatoms. The molecule has 0 spiro atoms. The number of hydrogen-bond donors (Lipinski definition) is 0. The van der Waals surface area contributed by atoms with E-state index in [-0.39, 0.29) is 0 Å². The van der Waals surface area contributed by atoms with Crippen molar-refractivity contribution in [3.05, 3.63) is 0 Å². The predicted molar refractivity (Wildman–Crippen MR) is 97.8 cm³/mol. The number of likely N-dealkylation sites (tertiary alicyclic amines) is 2. The molecule has 4 nitrogen and oxygen atoms in total. The second-order valence-electron chi connectivity index (χ2n) is 7.50. The fraction of sp³-hybridized carbons (Fsp3) is 0.900. The van der Waals surface area contributed by atoms with Crippen molar-refractivity contribution in [2.24, 2.45) is 0 Å². The Morgan fingerprint density at radius 2 is 1.17 bits per heavy atom. The Balaban J connectivity index is 1.68. The van der Waals surface area contributed by atoms with Gasteiger partial charge in [0.1, 0.15) is 0 Å². The maximum Gasteiger partial charge on any atom is 0.222 e. The normalized spacial score (nSPS) is 24.9. The zero-order valence-corrected chi connectivity index (χ0v) is 15.8. The lowest BCUT2D eigenvalue weighted by molar-refractivity contribution is -0.137. The minimum Gasteiger partial charge on any atom is -0.340 e. The number of carbonyl (C=O) groups excluding carboxylic acids is 2. The molecule has 138 valence electrons. The molecule has 2 rings (SSSR count). The van der Waals surface area contributed by atoms with Gasteiger partial charge in [-0.2, -0.15) is 0 Å². The van der Waals surface area contributed by atoms with E-state index in [9.17, 15) is 9.59 Å². The van der Waals surface area contributed by atoms with Gasteiger partial charge < -0.3 is 9.80 Å². The molecule has 2 fully saturated rings. The second-order valence-corrected chi connectivity index (χ2v) is 7.50. The summed E-state index contributed by atoms with van der Waals surface area (Å²) < 4.78 is 0. The standard InChI is InChI=1S/C20H36N2O2/c1-3-17-11-7-9-15-21(17)19(23)13-5-6-14-20(24)22-16-10-8-12-18(22)4-2/h17-18H,3-16H2,1-2H3. The molecule has 2 aliphatic rings. The molecule has 0 aromatic heterocycles. The largest absolute Gasteiger partial charge is 0.340 e. The van der Waals surface area contributed by atoms with Crippen LogP contribution in [0.15, 0.2) is 0 Å². The summed E-state index contributed by atoms with van der Waals surface area (Å²) in [6.45, 7) is 6.22. The van der Waals surface area contributed by atoms with Crippen LogP contribution >= 0.6 is 0 Å². The van der Waals surface area contributed by atoms with Gasteiger partial charge >= 0.3 is 0 Å². The van der Waals surface area contributed by atoms with E-state index in [0.29, 0.717) is 36.7 Å². The van der Waals surface area contributed by atoms with Crippen LogP contribution in [0.3, 0.4) is 0 Å². The number of piperidine rings is 2. The highest BCUT2D eigenvalue weighted by molar-refractivity contribution is 5.77. The van der Waals surface area contributed by atoms with E-state index in [1.807, 2.05) is 0 Å². The van der Waals surface area contributed by atoms with Crippen molar-refractivity contribution >= 4 is 11.8 Å². The Bertz CT molecular complexity index is 372. The van der Waals surface area contributed by atoms with Crippen molar-refractivity contribution < 1.29 is 9.59 Å². The Labute approximate surface area is 148 Å². The zero-order valence-electron chi connectivity index (χ0n) is 15.8. The maximum atomic E-state index is 12.4. The maximum absolute atomic E-state index is 12.4.